The number of hydrogen-bond acceptors (Lipinski definition) is 2. The second-order valence-corrected chi connectivity index (χ2v) is 5.45. The molecule has 0 heterocycles. The lowest BCUT2D eigenvalue weighted by Crippen LogP contribution is -2.26. The minimum atomic E-state index is -0.145. The van der Waals surface area contributed by atoms with Crippen molar-refractivity contribution in [1.29, 1.82) is 0 Å². The summed E-state index contributed by atoms with van der Waals surface area (Å²) in [5.41, 5.74) is 1.95. The predicted octanol–water partition coefficient (Wildman–Crippen LogP) is 3.06. The number of rotatable bonds is 1. The molecule has 16 heavy (non-hydrogen) atoms. The maximum absolute atomic E-state index is 11.6. The van der Waals surface area contributed by atoms with Crippen molar-refractivity contribution in [3.05, 3.63) is 35.4 Å². The Morgan fingerprint density at radius 3 is 2.06 bits per heavy atom. The first kappa shape index (κ1) is 12.8. The summed E-state index contributed by atoms with van der Waals surface area (Å²) < 4.78 is 0. The summed E-state index contributed by atoms with van der Waals surface area (Å²) in [7, 11) is 0. The van der Waals surface area contributed by atoms with Gasteiger partial charge in [0.15, 0.2) is 0 Å². The van der Waals surface area contributed by atoms with Crippen LogP contribution < -0.4 is 5.32 Å². The van der Waals surface area contributed by atoms with Crippen LogP contribution in [0.15, 0.2) is 24.3 Å². The quantitative estimate of drug-likeness (QED) is 0.758. The van der Waals surface area contributed by atoms with Crippen LogP contribution in [0.1, 0.15) is 43.6 Å². The zero-order valence-corrected chi connectivity index (χ0v) is 10.9. The zero-order valence-electron chi connectivity index (χ0n) is 10.1. The summed E-state index contributed by atoms with van der Waals surface area (Å²) in [6, 6.07) is 7.61. The molecule has 0 unspecified atom stereocenters. The molecule has 86 valence electrons. The molecule has 2 nitrogen and oxygen atoms in total. The van der Waals surface area contributed by atoms with E-state index in [9.17, 15) is 4.79 Å². The van der Waals surface area contributed by atoms with Gasteiger partial charge in [-0.15, -0.1) is 0 Å². The van der Waals surface area contributed by atoms with Gasteiger partial charge >= 0.3 is 0 Å². The number of benzene rings is 1. The van der Waals surface area contributed by atoms with Gasteiger partial charge in [-0.05, 0) is 30.0 Å². The molecule has 0 saturated heterocycles. The first-order chi connectivity index (χ1) is 7.30. The van der Waals surface area contributed by atoms with E-state index in [1.165, 1.54) is 5.56 Å². The van der Waals surface area contributed by atoms with Gasteiger partial charge in [-0.2, -0.15) is 0 Å². The van der Waals surface area contributed by atoms with Gasteiger partial charge in [-0.3, -0.25) is 4.79 Å². The highest BCUT2D eigenvalue weighted by molar-refractivity contribution is 7.80. The largest absolute Gasteiger partial charge is 0.317 e. The van der Waals surface area contributed by atoms with E-state index in [0.29, 0.717) is 10.6 Å². The van der Waals surface area contributed by atoms with Crippen LogP contribution in [0.5, 0.6) is 0 Å². The minimum absolute atomic E-state index is 0.106. The Labute approximate surface area is 102 Å². The molecule has 1 rings (SSSR count). The lowest BCUT2D eigenvalue weighted by molar-refractivity contribution is 0.0977. The number of carbonyl (C=O) groups is 1. The second kappa shape index (κ2) is 4.74. The molecule has 1 aromatic rings. The van der Waals surface area contributed by atoms with Gasteiger partial charge in [0.25, 0.3) is 5.91 Å². The normalized spacial score (nSPS) is 11.0. The highest BCUT2D eigenvalue weighted by Gasteiger charge is 2.14. The summed E-state index contributed by atoms with van der Waals surface area (Å²) in [5, 5.41) is 2.61. The van der Waals surface area contributed by atoms with Gasteiger partial charge in [0.05, 0.1) is 4.99 Å². The fraction of sp³-hybridized carbons (Fsp3) is 0.385. The third-order valence-electron chi connectivity index (χ3n) is 2.30. The van der Waals surface area contributed by atoms with E-state index in [1.807, 2.05) is 24.3 Å². The van der Waals surface area contributed by atoms with Gasteiger partial charge in [0.2, 0.25) is 0 Å². The Balaban J connectivity index is 2.87. The molecule has 0 radical (unpaired) electrons. The van der Waals surface area contributed by atoms with Crippen LogP contribution in [0.2, 0.25) is 0 Å². The van der Waals surface area contributed by atoms with E-state index >= 15 is 0 Å². The average molecular weight is 235 g/mol. The predicted molar refractivity (Wildman–Crippen MR) is 70.9 cm³/mol. The third kappa shape index (κ3) is 3.42. The Hall–Kier alpha value is -1.22. The highest BCUT2D eigenvalue weighted by atomic mass is 32.1. The fourth-order valence-corrected chi connectivity index (χ4v) is 1.45. The molecule has 3 heteroatoms. The number of thiocarbonyl (C=S) groups is 1. The van der Waals surface area contributed by atoms with Crippen molar-refractivity contribution in [3.8, 4) is 0 Å². The maximum atomic E-state index is 11.6. The van der Waals surface area contributed by atoms with Crippen molar-refractivity contribution < 1.29 is 4.79 Å². The molecule has 0 aliphatic carbocycles. The molecule has 0 spiro atoms. The van der Waals surface area contributed by atoms with E-state index in [2.05, 4.69) is 26.1 Å². The Bertz CT molecular complexity index is 401. The molecular weight excluding hydrogens is 218 g/mol. The van der Waals surface area contributed by atoms with Crippen LogP contribution in [0, 0.1) is 0 Å². The Morgan fingerprint density at radius 1 is 1.19 bits per heavy atom. The van der Waals surface area contributed by atoms with Crippen LogP contribution in [0.3, 0.4) is 0 Å². The van der Waals surface area contributed by atoms with Gasteiger partial charge in [-0.25, -0.2) is 0 Å². The van der Waals surface area contributed by atoms with Crippen LogP contribution in [-0.2, 0) is 5.41 Å². The summed E-state index contributed by atoms with van der Waals surface area (Å²) in [5.74, 6) is -0.145. The number of carbonyl (C=O) groups excluding carboxylic acids is 1. The van der Waals surface area contributed by atoms with Crippen molar-refractivity contribution in [1.82, 2.24) is 5.32 Å². The number of nitrogens with one attached hydrogen (secondary N) is 1. The second-order valence-electron chi connectivity index (χ2n) is 4.84. The van der Waals surface area contributed by atoms with Crippen LogP contribution in [-0.4, -0.2) is 10.9 Å². The average Bonchev–Trinajstić information content (AvgIpc) is 2.15. The van der Waals surface area contributed by atoms with Crippen molar-refractivity contribution in [2.75, 3.05) is 0 Å². The fourth-order valence-electron chi connectivity index (χ4n) is 1.35. The molecule has 0 aliphatic rings. The van der Waals surface area contributed by atoms with Gasteiger partial charge < -0.3 is 5.32 Å². The molecule has 0 saturated carbocycles. The summed E-state index contributed by atoms with van der Waals surface area (Å²) in [6.45, 7) is 8.12. The van der Waals surface area contributed by atoms with Gasteiger partial charge in [0.1, 0.15) is 0 Å². The zero-order chi connectivity index (χ0) is 12.3. The highest BCUT2D eigenvalue weighted by Crippen LogP contribution is 2.22. The minimum Gasteiger partial charge on any atom is -0.317 e. The molecule has 1 aromatic carbocycles. The smallest absolute Gasteiger partial charge is 0.256 e. The van der Waals surface area contributed by atoms with E-state index in [-0.39, 0.29) is 11.3 Å². The van der Waals surface area contributed by atoms with Crippen molar-refractivity contribution in [2.24, 2.45) is 0 Å². The Morgan fingerprint density at radius 2 is 1.69 bits per heavy atom. The molecule has 0 aliphatic heterocycles. The topological polar surface area (TPSA) is 29.1 Å². The van der Waals surface area contributed by atoms with Gasteiger partial charge in [0, 0.05) is 5.56 Å². The number of amides is 1. The third-order valence-corrected chi connectivity index (χ3v) is 2.40. The molecule has 1 N–H and O–H groups in total. The molecule has 0 bridgehead atoms. The van der Waals surface area contributed by atoms with Crippen molar-refractivity contribution in [2.45, 2.75) is 33.1 Å². The molecule has 0 fully saturated rings. The summed E-state index contributed by atoms with van der Waals surface area (Å²) >= 11 is 4.82. The van der Waals surface area contributed by atoms with Crippen molar-refractivity contribution >= 4 is 23.1 Å². The van der Waals surface area contributed by atoms with Crippen LogP contribution in [0.4, 0.5) is 0 Å². The van der Waals surface area contributed by atoms with Crippen molar-refractivity contribution in [3.63, 3.8) is 0 Å². The molecule has 0 aromatic heterocycles. The van der Waals surface area contributed by atoms with E-state index in [4.69, 9.17) is 12.2 Å². The standard InChI is InChI=1S/C13H17NOS/c1-9(16)14-12(15)10-5-7-11(8-6-10)13(2,3)4/h5-8H,1-4H3,(H,14,15,16). The summed E-state index contributed by atoms with van der Waals surface area (Å²) in [6.07, 6.45) is 0. The molecule has 0 atom stereocenters. The first-order valence-electron chi connectivity index (χ1n) is 5.23. The van der Waals surface area contributed by atoms with E-state index in [0.717, 1.165) is 0 Å². The SMILES string of the molecule is CC(=S)NC(=O)c1ccc(C(C)(C)C)cc1. The van der Waals surface area contributed by atoms with E-state index < -0.39 is 0 Å². The Kier molecular flexibility index (Phi) is 3.81. The molecule has 1 amide bonds. The maximum Gasteiger partial charge on any atom is 0.256 e. The van der Waals surface area contributed by atoms with Crippen LogP contribution >= 0.6 is 12.2 Å². The van der Waals surface area contributed by atoms with E-state index in [1.54, 1.807) is 6.92 Å². The lowest BCUT2D eigenvalue weighted by Gasteiger charge is -2.19. The molecular formula is C13H17NOS. The van der Waals surface area contributed by atoms with Gasteiger partial charge in [-0.1, -0.05) is 45.1 Å². The summed E-state index contributed by atoms with van der Waals surface area (Å²) in [4.78, 5) is 12.1. The monoisotopic (exact) mass is 235 g/mol. The lowest BCUT2D eigenvalue weighted by atomic mass is 9.87. The van der Waals surface area contributed by atoms with Crippen LogP contribution in [0.25, 0.3) is 0 Å². The number of hydrogen-bond donors (Lipinski definition) is 1. The first-order valence-corrected chi connectivity index (χ1v) is 5.64.